The number of aliphatic carboxylic acids is 1. The number of nitrogens with one attached hydrogen (secondary N) is 1. The van der Waals surface area contributed by atoms with E-state index in [2.05, 4.69) is 27.3 Å². The van der Waals surface area contributed by atoms with Crippen molar-refractivity contribution in [2.24, 2.45) is 11.8 Å². The quantitative estimate of drug-likeness (QED) is 0.880. The van der Waals surface area contributed by atoms with Gasteiger partial charge in [0.05, 0.1) is 11.5 Å². The Morgan fingerprint density at radius 1 is 1.40 bits per heavy atom. The first-order valence-corrected chi connectivity index (χ1v) is 7.55. The Morgan fingerprint density at radius 2 is 2.10 bits per heavy atom. The second-order valence-electron chi connectivity index (χ2n) is 5.24. The molecule has 2 N–H and O–H groups in total. The smallest absolute Gasteiger partial charge is 0.306 e. The van der Waals surface area contributed by atoms with E-state index in [1.54, 1.807) is 6.07 Å². The molecule has 0 heterocycles. The monoisotopic (exact) mass is 336 g/mol. The van der Waals surface area contributed by atoms with Gasteiger partial charge >= 0.3 is 5.97 Å². The molecule has 0 spiro atoms. The molecule has 1 aromatic rings. The Labute approximate surface area is 126 Å². The summed E-state index contributed by atoms with van der Waals surface area (Å²) < 4.78 is 0.791. The van der Waals surface area contributed by atoms with Gasteiger partial charge in [0, 0.05) is 16.7 Å². The Morgan fingerprint density at radius 3 is 2.65 bits per heavy atom. The molecule has 1 fully saturated rings. The van der Waals surface area contributed by atoms with Gasteiger partial charge in [-0.05, 0) is 65.7 Å². The molecule has 106 valence electrons. The van der Waals surface area contributed by atoms with E-state index in [0.29, 0.717) is 11.5 Å². The van der Waals surface area contributed by atoms with Crippen molar-refractivity contribution in [2.75, 3.05) is 11.9 Å². The van der Waals surface area contributed by atoms with Crippen LogP contribution in [0.2, 0.25) is 0 Å². The van der Waals surface area contributed by atoms with Crippen molar-refractivity contribution in [3.63, 3.8) is 0 Å². The molecule has 4 nitrogen and oxygen atoms in total. The fourth-order valence-corrected chi connectivity index (χ4v) is 3.06. The molecular formula is C15H17BrN2O2. The number of rotatable bonds is 4. The molecule has 1 saturated carbocycles. The summed E-state index contributed by atoms with van der Waals surface area (Å²) in [4.78, 5) is 10.9. The van der Waals surface area contributed by atoms with Gasteiger partial charge in [-0.3, -0.25) is 4.79 Å². The number of carbonyl (C=O) groups is 1. The van der Waals surface area contributed by atoms with Crippen LogP contribution in [0.15, 0.2) is 22.7 Å². The van der Waals surface area contributed by atoms with Gasteiger partial charge in [-0.2, -0.15) is 5.26 Å². The maximum absolute atomic E-state index is 10.9. The van der Waals surface area contributed by atoms with Crippen molar-refractivity contribution in [3.05, 3.63) is 28.2 Å². The van der Waals surface area contributed by atoms with Gasteiger partial charge in [0.2, 0.25) is 0 Å². The summed E-state index contributed by atoms with van der Waals surface area (Å²) in [7, 11) is 0. The second-order valence-corrected chi connectivity index (χ2v) is 6.10. The number of hydrogen-bond donors (Lipinski definition) is 2. The minimum Gasteiger partial charge on any atom is -0.481 e. The van der Waals surface area contributed by atoms with Gasteiger partial charge in [0.1, 0.15) is 6.07 Å². The van der Waals surface area contributed by atoms with Crippen LogP contribution in [0.5, 0.6) is 0 Å². The van der Waals surface area contributed by atoms with Gasteiger partial charge in [-0.15, -0.1) is 0 Å². The SMILES string of the molecule is N#Cc1ccc(NCC2CCC(C(=O)O)CC2)cc1Br. The molecule has 1 aromatic carbocycles. The van der Waals surface area contributed by atoms with Crippen LogP contribution in [0.25, 0.3) is 0 Å². The number of nitrogens with zero attached hydrogens (tertiary/aromatic N) is 1. The summed E-state index contributed by atoms with van der Waals surface area (Å²) in [5, 5.41) is 21.2. The van der Waals surface area contributed by atoms with Crippen LogP contribution in [0.3, 0.4) is 0 Å². The third-order valence-corrected chi connectivity index (χ3v) is 4.54. The van der Waals surface area contributed by atoms with Crippen LogP contribution in [-0.4, -0.2) is 17.6 Å². The molecule has 0 aliphatic heterocycles. The van der Waals surface area contributed by atoms with Crippen LogP contribution in [0.4, 0.5) is 5.69 Å². The predicted octanol–water partition coefficient (Wildman–Crippen LogP) is 3.62. The van der Waals surface area contributed by atoms with Crippen LogP contribution in [-0.2, 0) is 4.79 Å². The Bertz CT molecular complexity index is 531. The summed E-state index contributed by atoms with van der Waals surface area (Å²) in [6, 6.07) is 7.70. The molecule has 0 aromatic heterocycles. The molecule has 0 bridgehead atoms. The topological polar surface area (TPSA) is 73.1 Å². The molecule has 2 rings (SSSR count). The standard InChI is InChI=1S/C15H17BrN2O2/c16-14-7-13(6-5-12(14)8-17)18-9-10-1-3-11(4-2-10)15(19)20/h5-7,10-11,18H,1-4,9H2,(H,19,20). The fourth-order valence-electron chi connectivity index (χ4n) is 2.59. The molecule has 0 atom stereocenters. The highest BCUT2D eigenvalue weighted by Gasteiger charge is 2.25. The molecule has 0 amide bonds. The Balaban J connectivity index is 1.83. The van der Waals surface area contributed by atoms with E-state index < -0.39 is 5.97 Å². The second kappa shape index (κ2) is 6.76. The van der Waals surface area contributed by atoms with E-state index in [9.17, 15) is 4.79 Å². The first kappa shape index (κ1) is 14.9. The minimum atomic E-state index is -0.660. The highest BCUT2D eigenvalue weighted by Crippen LogP contribution is 2.29. The Hall–Kier alpha value is -1.54. The number of carboxylic acids is 1. The van der Waals surface area contributed by atoms with Crippen molar-refractivity contribution in [2.45, 2.75) is 25.7 Å². The highest BCUT2D eigenvalue weighted by molar-refractivity contribution is 9.10. The van der Waals surface area contributed by atoms with E-state index in [-0.39, 0.29) is 5.92 Å². The first-order valence-electron chi connectivity index (χ1n) is 6.76. The molecule has 0 unspecified atom stereocenters. The van der Waals surface area contributed by atoms with E-state index in [1.807, 2.05) is 12.1 Å². The summed E-state index contributed by atoms with van der Waals surface area (Å²) in [5.74, 6) is -0.289. The van der Waals surface area contributed by atoms with Gasteiger partial charge in [0.15, 0.2) is 0 Å². The van der Waals surface area contributed by atoms with Crippen molar-refractivity contribution >= 4 is 27.6 Å². The van der Waals surface area contributed by atoms with Gasteiger partial charge in [0.25, 0.3) is 0 Å². The fraction of sp³-hybridized carbons (Fsp3) is 0.467. The van der Waals surface area contributed by atoms with Crippen molar-refractivity contribution < 1.29 is 9.90 Å². The zero-order chi connectivity index (χ0) is 14.5. The predicted molar refractivity (Wildman–Crippen MR) is 80.4 cm³/mol. The number of anilines is 1. The summed E-state index contributed by atoms with van der Waals surface area (Å²) in [5.41, 5.74) is 1.61. The van der Waals surface area contributed by atoms with Crippen LogP contribution < -0.4 is 5.32 Å². The molecule has 0 radical (unpaired) electrons. The minimum absolute atomic E-state index is 0.157. The number of nitriles is 1. The number of carboxylic acid groups (broad SMARTS) is 1. The van der Waals surface area contributed by atoms with E-state index in [1.165, 1.54) is 0 Å². The lowest BCUT2D eigenvalue weighted by Crippen LogP contribution is -2.25. The normalized spacial score (nSPS) is 22.0. The zero-order valence-corrected chi connectivity index (χ0v) is 12.7. The molecule has 0 saturated heterocycles. The third kappa shape index (κ3) is 3.73. The van der Waals surface area contributed by atoms with Gasteiger partial charge < -0.3 is 10.4 Å². The van der Waals surface area contributed by atoms with Crippen LogP contribution >= 0.6 is 15.9 Å². The summed E-state index contributed by atoms with van der Waals surface area (Å²) in [6.07, 6.45) is 3.47. The molecule has 5 heteroatoms. The number of hydrogen-bond acceptors (Lipinski definition) is 3. The molecule has 1 aliphatic rings. The average Bonchev–Trinajstić information content (AvgIpc) is 2.45. The maximum atomic E-state index is 10.9. The van der Waals surface area contributed by atoms with Crippen molar-refractivity contribution in [3.8, 4) is 6.07 Å². The summed E-state index contributed by atoms with van der Waals surface area (Å²) in [6.45, 7) is 0.852. The van der Waals surface area contributed by atoms with Crippen LogP contribution in [0, 0.1) is 23.2 Å². The lowest BCUT2D eigenvalue weighted by Gasteiger charge is -2.26. The highest BCUT2D eigenvalue weighted by atomic mass is 79.9. The van der Waals surface area contributed by atoms with Crippen LogP contribution in [0.1, 0.15) is 31.2 Å². The molecular weight excluding hydrogens is 320 g/mol. The van der Waals surface area contributed by atoms with Crippen molar-refractivity contribution in [1.82, 2.24) is 0 Å². The first-order chi connectivity index (χ1) is 9.60. The summed E-state index contributed by atoms with van der Waals surface area (Å²) >= 11 is 3.37. The number of halogens is 1. The van der Waals surface area contributed by atoms with Gasteiger partial charge in [-0.1, -0.05) is 0 Å². The average molecular weight is 337 g/mol. The maximum Gasteiger partial charge on any atom is 0.306 e. The molecule has 20 heavy (non-hydrogen) atoms. The van der Waals surface area contributed by atoms with E-state index in [4.69, 9.17) is 10.4 Å². The lowest BCUT2D eigenvalue weighted by molar-refractivity contribution is -0.143. The Kier molecular flexibility index (Phi) is 5.02. The molecule has 1 aliphatic carbocycles. The third-order valence-electron chi connectivity index (χ3n) is 3.88. The zero-order valence-electron chi connectivity index (χ0n) is 11.1. The van der Waals surface area contributed by atoms with Gasteiger partial charge in [-0.25, -0.2) is 0 Å². The largest absolute Gasteiger partial charge is 0.481 e. The van der Waals surface area contributed by atoms with Crippen molar-refractivity contribution in [1.29, 1.82) is 5.26 Å². The van der Waals surface area contributed by atoms with E-state index in [0.717, 1.165) is 42.4 Å². The lowest BCUT2D eigenvalue weighted by atomic mass is 9.82. The van der Waals surface area contributed by atoms with E-state index >= 15 is 0 Å². The number of benzene rings is 1.